The van der Waals surface area contributed by atoms with Crippen molar-refractivity contribution < 1.29 is 36.2 Å². The molecule has 1 aromatic heterocycles. The summed E-state index contributed by atoms with van der Waals surface area (Å²) in [5.74, 6) is -1.64. The molecule has 3 fully saturated rings. The van der Waals surface area contributed by atoms with Gasteiger partial charge in [0.05, 0.1) is 5.52 Å². The van der Waals surface area contributed by atoms with Crippen LogP contribution in [0.4, 0.5) is 26.3 Å². The number of carboxylic acids is 1. The standard InChI is InChI=1S/C19H13F6NO3/c20-9-2-17(9,23)8-1-6-14(26-5-7(15(6)27)16(28)29)13(19(25)4-11(19)22)12(8)18(24)3-10(18)21/h1,5,9-11H,2-4H2,(H,26,27)(H,28,29). The molecule has 0 aliphatic heterocycles. The van der Waals surface area contributed by atoms with E-state index in [-0.39, 0.29) is 0 Å². The number of H-pyrrole nitrogens is 1. The van der Waals surface area contributed by atoms with Crippen molar-refractivity contribution in [2.24, 2.45) is 0 Å². The Kier molecular flexibility index (Phi) is 3.28. The van der Waals surface area contributed by atoms with E-state index >= 15 is 13.2 Å². The van der Waals surface area contributed by atoms with Gasteiger partial charge in [-0.3, -0.25) is 4.79 Å². The minimum atomic E-state index is -2.84. The zero-order chi connectivity index (χ0) is 21.1. The van der Waals surface area contributed by atoms with Gasteiger partial charge in [0.15, 0.2) is 17.0 Å². The van der Waals surface area contributed by atoms with Gasteiger partial charge in [0.1, 0.15) is 24.1 Å². The van der Waals surface area contributed by atoms with E-state index in [0.717, 1.165) is 12.3 Å². The Morgan fingerprint density at radius 3 is 1.90 bits per heavy atom. The molecule has 0 amide bonds. The average Bonchev–Trinajstić information content (AvgIpc) is 3.57. The SMILES string of the molecule is O=C(O)c1c[nH]c2c(C3(F)CC3F)c(C3(F)CC3F)c(C3(F)CC3F)cc2c1=O. The summed E-state index contributed by atoms with van der Waals surface area (Å²) in [6.07, 6.45) is -7.79. The third-order valence-corrected chi connectivity index (χ3v) is 6.12. The average molecular weight is 417 g/mol. The zero-order valence-electron chi connectivity index (χ0n) is 14.5. The van der Waals surface area contributed by atoms with Crippen LogP contribution in [0.5, 0.6) is 0 Å². The number of benzene rings is 1. The Bertz CT molecular complexity index is 1170. The fourth-order valence-corrected chi connectivity index (χ4v) is 4.10. The highest BCUT2D eigenvalue weighted by atomic mass is 19.2. The van der Waals surface area contributed by atoms with Gasteiger partial charge in [-0.15, -0.1) is 0 Å². The van der Waals surface area contributed by atoms with Gasteiger partial charge in [-0.25, -0.2) is 31.1 Å². The topological polar surface area (TPSA) is 70.2 Å². The number of carboxylic acid groups (broad SMARTS) is 1. The van der Waals surface area contributed by atoms with Crippen LogP contribution < -0.4 is 5.43 Å². The molecule has 5 rings (SSSR count). The molecule has 6 unspecified atom stereocenters. The van der Waals surface area contributed by atoms with Crippen LogP contribution in [0.25, 0.3) is 10.9 Å². The molecule has 0 radical (unpaired) electrons. The van der Waals surface area contributed by atoms with E-state index in [0.29, 0.717) is 0 Å². The predicted molar refractivity (Wildman–Crippen MR) is 88.4 cm³/mol. The number of aromatic amines is 1. The summed E-state index contributed by atoms with van der Waals surface area (Å²) in [7, 11) is 0. The number of rotatable bonds is 4. The highest BCUT2D eigenvalue weighted by molar-refractivity contribution is 5.94. The molecule has 1 aromatic carbocycles. The minimum Gasteiger partial charge on any atom is -0.477 e. The summed E-state index contributed by atoms with van der Waals surface area (Å²) >= 11 is 0. The maximum Gasteiger partial charge on any atom is 0.341 e. The molecule has 0 bridgehead atoms. The Labute approximate surface area is 158 Å². The molecular weight excluding hydrogens is 404 g/mol. The Hall–Kier alpha value is -2.52. The van der Waals surface area contributed by atoms with Gasteiger partial charge in [0, 0.05) is 42.0 Å². The Morgan fingerprint density at radius 2 is 1.45 bits per heavy atom. The second-order valence-corrected chi connectivity index (χ2v) is 8.04. The van der Waals surface area contributed by atoms with E-state index < -0.39 is 99.3 Å². The molecular formula is C19H13F6NO3. The first-order valence-corrected chi connectivity index (χ1v) is 8.91. The number of nitrogens with one attached hydrogen (secondary N) is 1. The smallest absolute Gasteiger partial charge is 0.341 e. The highest BCUT2D eigenvalue weighted by Crippen LogP contribution is 2.65. The second-order valence-electron chi connectivity index (χ2n) is 8.04. The lowest BCUT2D eigenvalue weighted by Gasteiger charge is -2.24. The molecule has 2 N–H and O–H groups in total. The first kappa shape index (κ1) is 18.5. The number of halogens is 6. The van der Waals surface area contributed by atoms with Crippen LogP contribution in [-0.4, -0.2) is 34.6 Å². The number of aromatic carboxylic acids is 1. The number of pyridine rings is 1. The summed E-state index contributed by atoms with van der Waals surface area (Å²) < 4.78 is 87.2. The summed E-state index contributed by atoms with van der Waals surface area (Å²) in [4.78, 5) is 26.2. The van der Waals surface area contributed by atoms with Gasteiger partial charge in [-0.05, 0) is 11.6 Å². The third-order valence-electron chi connectivity index (χ3n) is 6.12. The number of aromatic nitrogens is 1. The minimum absolute atomic E-state index is 0.447. The van der Waals surface area contributed by atoms with Crippen molar-refractivity contribution in [3.8, 4) is 0 Å². The van der Waals surface area contributed by atoms with Crippen molar-refractivity contribution in [3.63, 3.8) is 0 Å². The number of fused-ring (bicyclic) bond motifs is 1. The summed E-state index contributed by atoms with van der Waals surface area (Å²) in [6.45, 7) is 0. The lowest BCUT2D eigenvalue weighted by atomic mass is 9.85. The Morgan fingerprint density at radius 1 is 0.966 bits per heavy atom. The van der Waals surface area contributed by atoms with Crippen LogP contribution in [0.1, 0.15) is 46.3 Å². The summed E-state index contributed by atoms with van der Waals surface area (Å²) in [5, 5.41) is 8.57. The van der Waals surface area contributed by atoms with E-state index in [4.69, 9.17) is 5.11 Å². The molecule has 0 spiro atoms. The molecule has 6 atom stereocenters. The van der Waals surface area contributed by atoms with Crippen LogP contribution >= 0.6 is 0 Å². The van der Waals surface area contributed by atoms with Gasteiger partial charge >= 0.3 is 5.97 Å². The van der Waals surface area contributed by atoms with E-state index in [9.17, 15) is 22.8 Å². The van der Waals surface area contributed by atoms with Crippen LogP contribution in [0.3, 0.4) is 0 Å². The van der Waals surface area contributed by atoms with Crippen molar-refractivity contribution >= 4 is 16.9 Å². The molecule has 29 heavy (non-hydrogen) atoms. The molecule has 3 aliphatic rings. The van der Waals surface area contributed by atoms with Gasteiger partial charge in [-0.2, -0.15) is 0 Å². The predicted octanol–water partition coefficient (Wildman–Crippen LogP) is 3.95. The molecule has 2 aromatic rings. The van der Waals surface area contributed by atoms with Gasteiger partial charge in [0.25, 0.3) is 0 Å². The van der Waals surface area contributed by atoms with Crippen molar-refractivity contribution in [3.05, 3.63) is 44.7 Å². The third kappa shape index (κ3) is 2.22. The van der Waals surface area contributed by atoms with Gasteiger partial charge in [-0.1, -0.05) is 0 Å². The van der Waals surface area contributed by atoms with Crippen LogP contribution in [0.15, 0.2) is 17.1 Å². The quantitative estimate of drug-likeness (QED) is 0.741. The highest BCUT2D eigenvalue weighted by Gasteiger charge is 2.70. The van der Waals surface area contributed by atoms with E-state index in [1.54, 1.807) is 0 Å². The van der Waals surface area contributed by atoms with E-state index in [2.05, 4.69) is 4.98 Å². The molecule has 154 valence electrons. The fraction of sp³-hybridized carbons (Fsp3) is 0.474. The van der Waals surface area contributed by atoms with Crippen LogP contribution in [-0.2, 0) is 17.0 Å². The maximum absolute atomic E-state index is 15.3. The summed E-state index contributed by atoms with van der Waals surface area (Å²) in [6, 6.07) is 0.740. The zero-order valence-corrected chi connectivity index (χ0v) is 14.5. The van der Waals surface area contributed by atoms with Crippen molar-refractivity contribution in [1.29, 1.82) is 0 Å². The van der Waals surface area contributed by atoms with Crippen molar-refractivity contribution in [2.75, 3.05) is 0 Å². The van der Waals surface area contributed by atoms with Crippen molar-refractivity contribution in [2.45, 2.75) is 54.8 Å². The second kappa shape index (κ2) is 5.14. The number of hydrogen-bond donors (Lipinski definition) is 2. The fourth-order valence-electron chi connectivity index (χ4n) is 4.10. The first-order valence-electron chi connectivity index (χ1n) is 8.91. The van der Waals surface area contributed by atoms with E-state index in [1.807, 2.05) is 0 Å². The first-order chi connectivity index (χ1) is 13.4. The molecule has 4 nitrogen and oxygen atoms in total. The normalized spacial score (nSPS) is 40.1. The number of hydrogen-bond acceptors (Lipinski definition) is 2. The van der Waals surface area contributed by atoms with Crippen molar-refractivity contribution in [1.82, 2.24) is 4.98 Å². The van der Waals surface area contributed by atoms with Crippen LogP contribution in [0.2, 0.25) is 0 Å². The lowest BCUT2D eigenvalue weighted by Crippen LogP contribution is -2.24. The van der Waals surface area contributed by atoms with Gasteiger partial charge < -0.3 is 10.1 Å². The number of carbonyl (C=O) groups is 1. The van der Waals surface area contributed by atoms with Crippen LogP contribution in [0, 0.1) is 0 Å². The largest absolute Gasteiger partial charge is 0.477 e. The summed E-state index contributed by atoms with van der Waals surface area (Å²) in [5.41, 5.74) is -13.2. The lowest BCUT2D eigenvalue weighted by molar-refractivity contribution is 0.0695. The molecule has 1 heterocycles. The molecule has 0 saturated heterocycles. The van der Waals surface area contributed by atoms with E-state index in [1.165, 1.54) is 0 Å². The molecule has 3 aliphatic carbocycles. The molecule has 10 heteroatoms. The maximum atomic E-state index is 15.3. The number of alkyl halides is 6. The Balaban J connectivity index is 1.94. The monoisotopic (exact) mass is 417 g/mol. The molecule has 3 saturated carbocycles. The van der Waals surface area contributed by atoms with Gasteiger partial charge in [0.2, 0.25) is 5.43 Å².